The molecule has 1 aliphatic heterocycles. The molecule has 1 aromatic heterocycles. The van der Waals surface area contributed by atoms with Gasteiger partial charge in [-0.25, -0.2) is 4.98 Å². The van der Waals surface area contributed by atoms with Gasteiger partial charge in [0, 0.05) is 31.1 Å². The van der Waals surface area contributed by atoms with Crippen LogP contribution in [0.15, 0.2) is 18.3 Å². The predicted molar refractivity (Wildman–Crippen MR) is 79.6 cm³/mol. The summed E-state index contributed by atoms with van der Waals surface area (Å²) in [6.07, 6.45) is 5.25. The van der Waals surface area contributed by atoms with Crippen molar-refractivity contribution in [1.29, 1.82) is 0 Å². The molecular formula is C16H21N3O2. The minimum atomic E-state index is -0.0188. The third-order valence-corrected chi connectivity index (χ3v) is 4.36. The highest BCUT2D eigenvalue weighted by Gasteiger charge is 2.36. The molecule has 3 rings (SSSR count). The molecule has 112 valence electrons. The standard InChI is InChI=1S/C16H21N3O2/c1-11-3-2-8-17-14(11)18-15(20)12-6-9-19(10-7-12)16(21)13-4-5-13/h2-3,8,12-13H,4-7,9-10H2,1H3,(H,17,18,20). The minimum Gasteiger partial charge on any atom is -0.342 e. The Bertz CT molecular complexity index is 546. The number of pyridine rings is 1. The summed E-state index contributed by atoms with van der Waals surface area (Å²) in [7, 11) is 0. The first-order valence-electron chi connectivity index (χ1n) is 7.66. The SMILES string of the molecule is Cc1cccnc1NC(=O)C1CCN(C(=O)C2CC2)CC1. The van der Waals surface area contributed by atoms with E-state index in [2.05, 4.69) is 10.3 Å². The summed E-state index contributed by atoms with van der Waals surface area (Å²) in [5, 5.41) is 2.91. The predicted octanol–water partition coefficient (Wildman–Crippen LogP) is 1.98. The van der Waals surface area contributed by atoms with E-state index >= 15 is 0 Å². The van der Waals surface area contributed by atoms with Gasteiger partial charge in [0.25, 0.3) is 0 Å². The van der Waals surface area contributed by atoms with E-state index in [-0.39, 0.29) is 23.7 Å². The highest BCUT2D eigenvalue weighted by atomic mass is 16.2. The van der Waals surface area contributed by atoms with Gasteiger partial charge in [0.1, 0.15) is 5.82 Å². The normalized spacial score (nSPS) is 19.4. The highest BCUT2D eigenvalue weighted by molar-refractivity contribution is 5.92. The van der Waals surface area contributed by atoms with Gasteiger partial charge in [-0.15, -0.1) is 0 Å². The second-order valence-corrected chi connectivity index (χ2v) is 6.03. The lowest BCUT2D eigenvalue weighted by atomic mass is 9.95. The number of aryl methyl sites for hydroxylation is 1. The smallest absolute Gasteiger partial charge is 0.228 e. The zero-order valence-corrected chi connectivity index (χ0v) is 12.3. The molecule has 2 heterocycles. The minimum absolute atomic E-state index is 0.0188. The van der Waals surface area contributed by atoms with Crippen LogP contribution in [0.3, 0.4) is 0 Å². The van der Waals surface area contributed by atoms with E-state index in [1.165, 1.54) is 0 Å². The molecule has 1 aliphatic carbocycles. The van der Waals surface area contributed by atoms with E-state index in [0.29, 0.717) is 18.9 Å². The number of piperidine rings is 1. The fourth-order valence-electron chi connectivity index (χ4n) is 2.79. The van der Waals surface area contributed by atoms with Crippen molar-refractivity contribution in [2.24, 2.45) is 11.8 Å². The average Bonchev–Trinajstić information content (AvgIpc) is 3.34. The number of amides is 2. The molecule has 2 fully saturated rings. The Hall–Kier alpha value is -1.91. The summed E-state index contributed by atoms with van der Waals surface area (Å²) < 4.78 is 0. The van der Waals surface area contributed by atoms with Gasteiger partial charge < -0.3 is 10.2 Å². The summed E-state index contributed by atoms with van der Waals surface area (Å²) in [4.78, 5) is 30.4. The number of carbonyl (C=O) groups is 2. The molecule has 5 nitrogen and oxygen atoms in total. The van der Waals surface area contributed by atoms with Crippen molar-refractivity contribution in [2.45, 2.75) is 32.6 Å². The monoisotopic (exact) mass is 287 g/mol. The summed E-state index contributed by atoms with van der Waals surface area (Å²) in [5.41, 5.74) is 0.965. The quantitative estimate of drug-likeness (QED) is 0.924. The van der Waals surface area contributed by atoms with E-state index in [9.17, 15) is 9.59 Å². The van der Waals surface area contributed by atoms with Crippen LogP contribution in [0.1, 0.15) is 31.2 Å². The Morgan fingerprint density at radius 3 is 2.52 bits per heavy atom. The maximum absolute atomic E-state index is 12.3. The van der Waals surface area contributed by atoms with Crippen molar-refractivity contribution in [3.63, 3.8) is 0 Å². The topological polar surface area (TPSA) is 62.3 Å². The van der Waals surface area contributed by atoms with Crippen molar-refractivity contribution < 1.29 is 9.59 Å². The van der Waals surface area contributed by atoms with E-state index < -0.39 is 0 Å². The number of aromatic nitrogens is 1. The second-order valence-electron chi connectivity index (χ2n) is 6.03. The van der Waals surface area contributed by atoms with Gasteiger partial charge in [-0.1, -0.05) is 6.07 Å². The number of likely N-dealkylation sites (tertiary alicyclic amines) is 1. The molecule has 0 spiro atoms. The Labute approximate surface area is 124 Å². The van der Waals surface area contributed by atoms with Crippen LogP contribution in [0.5, 0.6) is 0 Å². The van der Waals surface area contributed by atoms with Gasteiger partial charge in [-0.2, -0.15) is 0 Å². The molecule has 0 aromatic carbocycles. The molecule has 2 aliphatic rings. The number of nitrogens with one attached hydrogen (secondary N) is 1. The van der Waals surface area contributed by atoms with Crippen LogP contribution in [-0.4, -0.2) is 34.8 Å². The number of carbonyl (C=O) groups excluding carboxylic acids is 2. The van der Waals surface area contributed by atoms with Crippen LogP contribution in [0.25, 0.3) is 0 Å². The lowest BCUT2D eigenvalue weighted by Gasteiger charge is -2.31. The molecule has 0 unspecified atom stereocenters. The van der Waals surface area contributed by atoms with Crippen LogP contribution in [-0.2, 0) is 9.59 Å². The van der Waals surface area contributed by atoms with Crippen LogP contribution in [0.4, 0.5) is 5.82 Å². The first-order chi connectivity index (χ1) is 10.1. The van der Waals surface area contributed by atoms with Crippen LogP contribution >= 0.6 is 0 Å². The van der Waals surface area contributed by atoms with Gasteiger partial charge in [0.15, 0.2) is 0 Å². The molecular weight excluding hydrogens is 266 g/mol. The summed E-state index contributed by atoms with van der Waals surface area (Å²) in [6, 6.07) is 3.78. The van der Waals surface area contributed by atoms with Crippen LogP contribution in [0, 0.1) is 18.8 Å². The zero-order chi connectivity index (χ0) is 14.8. The lowest BCUT2D eigenvalue weighted by Crippen LogP contribution is -2.42. The molecule has 5 heteroatoms. The Kier molecular flexibility index (Phi) is 3.90. The maximum Gasteiger partial charge on any atom is 0.228 e. The van der Waals surface area contributed by atoms with Gasteiger partial charge in [0.05, 0.1) is 0 Å². The second kappa shape index (κ2) is 5.84. The van der Waals surface area contributed by atoms with Crippen molar-refractivity contribution >= 4 is 17.6 Å². The number of nitrogens with zero attached hydrogens (tertiary/aromatic N) is 2. The molecule has 2 amide bonds. The molecule has 1 saturated carbocycles. The number of anilines is 1. The molecule has 0 radical (unpaired) electrons. The van der Waals surface area contributed by atoms with Crippen molar-refractivity contribution in [3.05, 3.63) is 23.9 Å². The summed E-state index contributed by atoms with van der Waals surface area (Å²) >= 11 is 0. The molecule has 0 atom stereocenters. The molecule has 1 N–H and O–H groups in total. The van der Waals surface area contributed by atoms with E-state index in [4.69, 9.17) is 0 Å². The van der Waals surface area contributed by atoms with E-state index in [1.54, 1.807) is 6.20 Å². The molecule has 1 aromatic rings. The first-order valence-corrected chi connectivity index (χ1v) is 7.66. The van der Waals surface area contributed by atoms with Crippen LogP contribution in [0.2, 0.25) is 0 Å². The first kappa shape index (κ1) is 14.0. The van der Waals surface area contributed by atoms with Crippen molar-refractivity contribution in [1.82, 2.24) is 9.88 Å². The summed E-state index contributed by atoms with van der Waals surface area (Å²) in [5.74, 6) is 1.20. The van der Waals surface area contributed by atoms with E-state index in [0.717, 1.165) is 31.2 Å². The fourth-order valence-corrected chi connectivity index (χ4v) is 2.79. The molecule has 21 heavy (non-hydrogen) atoms. The van der Waals surface area contributed by atoms with Gasteiger partial charge in [0.2, 0.25) is 11.8 Å². The van der Waals surface area contributed by atoms with Gasteiger partial charge in [-0.05, 0) is 44.2 Å². The van der Waals surface area contributed by atoms with E-state index in [1.807, 2.05) is 24.0 Å². The Balaban J connectivity index is 1.53. The zero-order valence-electron chi connectivity index (χ0n) is 12.3. The average molecular weight is 287 g/mol. The maximum atomic E-state index is 12.3. The third-order valence-electron chi connectivity index (χ3n) is 4.36. The molecule has 0 bridgehead atoms. The van der Waals surface area contributed by atoms with Gasteiger partial charge >= 0.3 is 0 Å². The van der Waals surface area contributed by atoms with Gasteiger partial charge in [-0.3, -0.25) is 9.59 Å². The number of hydrogen-bond acceptors (Lipinski definition) is 3. The molecule has 1 saturated heterocycles. The Morgan fingerprint density at radius 2 is 1.90 bits per heavy atom. The summed E-state index contributed by atoms with van der Waals surface area (Å²) in [6.45, 7) is 3.34. The van der Waals surface area contributed by atoms with Crippen molar-refractivity contribution in [3.8, 4) is 0 Å². The largest absolute Gasteiger partial charge is 0.342 e. The number of rotatable bonds is 3. The Morgan fingerprint density at radius 1 is 1.19 bits per heavy atom. The number of hydrogen-bond donors (Lipinski definition) is 1. The van der Waals surface area contributed by atoms with Crippen LogP contribution < -0.4 is 5.32 Å². The fraction of sp³-hybridized carbons (Fsp3) is 0.562. The third kappa shape index (κ3) is 3.23. The lowest BCUT2D eigenvalue weighted by molar-refractivity contribution is -0.135. The highest BCUT2D eigenvalue weighted by Crippen LogP contribution is 2.32. The van der Waals surface area contributed by atoms with Crippen molar-refractivity contribution in [2.75, 3.05) is 18.4 Å².